The number of para-hydroxylation sites is 4. The van der Waals surface area contributed by atoms with Gasteiger partial charge in [0.15, 0.2) is 0 Å². The molecule has 0 fully saturated rings. The summed E-state index contributed by atoms with van der Waals surface area (Å²) >= 11 is 0. The van der Waals surface area contributed by atoms with Crippen molar-refractivity contribution < 1.29 is 38.5 Å². The maximum atomic E-state index is 12.2. The highest BCUT2D eigenvalue weighted by molar-refractivity contribution is 5.92. The molecule has 14 aromatic carbocycles. The van der Waals surface area contributed by atoms with E-state index in [2.05, 4.69) is 317 Å². The van der Waals surface area contributed by atoms with E-state index < -0.39 is 0 Å². The number of rotatable bonds is 34. The summed E-state index contributed by atoms with van der Waals surface area (Å²) < 4.78 is 23.2. The molecule has 20 rings (SSSR count). The lowest BCUT2D eigenvalue weighted by Gasteiger charge is -2.26. The lowest BCUT2D eigenvalue weighted by atomic mass is 10.0. The van der Waals surface area contributed by atoms with Crippen LogP contribution in [0, 0.1) is 0 Å². The third-order valence-electron chi connectivity index (χ3n) is 25.0. The highest BCUT2D eigenvalue weighted by atomic mass is 16.5. The Kier molecular flexibility index (Phi) is 28.4. The van der Waals surface area contributed by atoms with E-state index in [-0.39, 0.29) is 43.3 Å². The number of aryl methyl sites for hydroxylation is 4. The summed E-state index contributed by atoms with van der Waals surface area (Å²) in [5.74, 6) is -0.602. The first-order chi connectivity index (χ1) is 69.3. The third-order valence-corrected chi connectivity index (χ3v) is 25.0. The van der Waals surface area contributed by atoms with Crippen LogP contribution in [0.25, 0.3) is 89.8 Å². The number of nitrogens with zero attached hydrogens (tertiary/aromatic N) is 12. The minimum Gasteiger partial charge on any atom is -0.469 e. The number of carbonyl (C=O) groups is 4. The molecule has 20 nitrogen and oxygen atoms in total. The average Bonchev–Trinajstić information content (AvgIpc) is 1.44. The molecule has 0 aliphatic carbocycles. The van der Waals surface area contributed by atoms with Crippen LogP contribution in [0.1, 0.15) is 54.9 Å². The number of anilines is 12. The van der Waals surface area contributed by atoms with Crippen LogP contribution < -0.4 is 19.6 Å². The molecule has 0 aliphatic heterocycles. The van der Waals surface area contributed by atoms with Gasteiger partial charge in [-0.3, -0.25) is 14.4 Å². The van der Waals surface area contributed by atoms with Crippen LogP contribution in [-0.2, 0) is 59.1 Å². The molecule has 141 heavy (non-hydrogen) atoms. The molecule has 0 unspecified atom stereocenters. The first-order valence-corrected chi connectivity index (χ1v) is 47.1. The molecule has 0 saturated carbocycles. The van der Waals surface area contributed by atoms with Crippen LogP contribution >= 0.6 is 0 Å². The molecular weight excluding hydrogens is 1750 g/mol. The molecule has 0 saturated heterocycles. The number of aromatic nitrogens is 8. The lowest BCUT2D eigenvalue weighted by Crippen LogP contribution is -2.11. The summed E-state index contributed by atoms with van der Waals surface area (Å²) in [6.45, 7) is 1.45. The number of ether oxygens (including phenoxy) is 3. The Balaban J connectivity index is 0.000000179. The van der Waals surface area contributed by atoms with Gasteiger partial charge in [-0.1, -0.05) is 121 Å². The van der Waals surface area contributed by atoms with Gasteiger partial charge < -0.3 is 62.0 Å². The maximum Gasteiger partial charge on any atom is 0.306 e. The van der Waals surface area contributed by atoms with Crippen molar-refractivity contribution in [2.45, 2.75) is 58.3 Å². The molecule has 0 radical (unpaired) electrons. The van der Waals surface area contributed by atoms with E-state index >= 15 is 0 Å². The zero-order chi connectivity index (χ0) is 96.3. The molecule has 0 aliphatic rings. The van der Waals surface area contributed by atoms with E-state index in [1.54, 1.807) is 6.92 Å². The van der Waals surface area contributed by atoms with Gasteiger partial charge >= 0.3 is 17.9 Å². The topological polar surface area (TPSA) is 200 Å². The van der Waals surface area contributed by atoms with Crippen LogP contribution in [0.3, 0.4) is 0 Å². The molecule has 0 amide bonds. The highest BCUT2D eigenvalue weighted by Gasteiger charge is 2.24. The standard InChI is InChI=1S/C61H52N6O4.C60H50N6O4/c1-44(69)10-11-45-12-21-51(22-13-45)66(55-33-29-49(30-34-55)64-38-4-5-39-64)53-25-17-47(18-26-53)60-61(63-58-9-3-2-8-57(58)62-60)48-19-27-54(28-20-48)67(56-35-31-50(32-36-56)65-40-6-7-41-65)52-23-14-46(15-24-52)16-37-59(70)71-43-42-68;1-69-57(67)37-15-43-11-21-49(22-12-43)65(53-33-29-47(30-34-53)63-39-5-6-40-63)51-25-17-45(18-26-51)59-60(62-56-10-4-3-9-55(56)61-59)46-19-27-52(28-20-46)66(50-23-13-44(14-24-50)16-38-58(68)70-2)54-35-31-48(32-36-54)64-41-7-8-42-64/h2-9,12-15,17-36,38-41,68H,10-11,16,37,42-43H2,1H3;3-14,17-36,39-42H,15-16,37-38H2,1-2H3. The summed E-state index contributed by atoms with van der Waals surface area (Å²) in [7, 11) is 2.84. The van der Waals surface area contributed by atoms with E-state index in [9.17, 15) is 19.2 Å². The number of carbonyl (C=O) groups excluding carboxylic acids is 4. The van der Waals surface area contributed by atoms with Crippen molar-refractivity contribution >= 4 is 114 Å². The Labute approximate surface area is 818 Å². The average molecular weight is 1850 g/mol. The second-order valence-corrected chi connectivity index (χ2v) is 34.2. The number of hydrogen-bond donors (Lipinski definition) is 1. The molecule has 694 valence electrons. The molecular formula is C121H102N12O8. The van der Waals surface area contributed by atoms with Crippen molar-refractivity contribution in [3.05, 3.63) is 460 Å². The van der Waals surface area contributed by atoms with Crippen molar-refractivity contribution in [1.29, 1.82) is 0 Å². The second-order valence-electron chi connectivity index (χ2n) is 34.2. The third kappa shape index (κ3) is 21.8. The van der Waals surface area contributed by atoms with Gasteiger partial charge in [0.2, 0.25) is 0 Å². The largest absolute Gasteiger partial charge is 0.469 e. The summed E-state index contributed by atoms with van der Waals surface area (Å²) in [6.07, 6.45) is 20.1. The number of fused-ring (bicyclic) bond motifs is 2. The normalized spacial score (nSPS) is 11.1. The van der Waals surface area contributed by atoms with Gasteiger partial charge in [0.05, 0.1) is 65.7 Å². The summed E-state index contributed by atoms with van der Waals surface area (Å²) in [4.78, 5) is 77.7. The van der Waals surface area contributed by atoms with Crippen LogP contribution in [0.15, 0.2) is 438 Å². The van der Waals surface area contributed by atoms with Crippen molar-refractivity contribution in [3.63, 3.8) is 0 Å². The quantitative estimate of drug-likeness (QED) is 0.0295. The van der Waals surface area contributed by atoms with E-state index in [1.807, 2.05) is 159 Å². The van der Waals surface area contributed by atoms with Crippen molar-refractivity contribution in [2.75, 3.05) is 47.0 Å². The van der Waals surface area contributed by atoms with Crippen molar-refractivity contribution in [1.82, 2.24) is 38.2 Å². The molecule has 1 N–H and O–H groups in total. The number of hydrogen-bond acceptors (Lipinski definition) is 16. The zero-order valence-electron chi connectivity index (χ0n) is 78.3. The SMILES string of the molecule is CC(=O)CCc1ccc(N(c2ccc(-c3nc4ccccc4nc3-c3ccc(N(c4ccc(CCC(=O)OCCO)cc4)c4ccc(-n5cccc5)cc4)cc3)cc2)c2ccc(-n3cccc3)cc2)cc1.COC(=O)CCc1ccc(N(c2ccc(-c3nc4ccccc4nc3-c3ccc(N(c4ccc(CCC(=O)OC)cc4)c4ccc(-n5cccc5)cc4)cc3)cc2)c2ccc(-n3cccc3)cc2)cc1. The molecule has 0 spiro atoms. The Bertz CT molecular complexity index is 7380. The predicted molar refractivity (Wildman–Crippen MR) is 563 cm³/mol. The number of aliphatic hydroxyl groups is 1. The maximum absolute atomic E-state index is 12.2. The molecule has 0 bridgehead atoms. The minimum absolute atomic E-state index is 0.00396. The molecule has 6 heterocycles. The van der Waals surface area contributed by atoms with Crippen LogP contribution in [0.5, 0.6) is 0 Å². The van der Waals surface area contributed by atoms with E-state index in [0.29, 0.717) is 44.9 Å². The number of benzene rings is 14. The fraction of sp³-hybridized carbons (Fsp3) is 0.107. The fourth-order valence-electron chi connectivity index (χ4n) is 17.5. The van der Waals surface area contributed by atoms with E-state index in [1.165, 1.54) is 14.2 Å². The van der Waals surface area contributed by atoms with Gasteiger partial charge in [-0.05, 0) is 322 Å². The molecule has 0 atom stereocenters. The van der Waals surface area contributed by atoms with Gasteiger partial charge in [0.1, 0.15) is 12.4 Å². The molecule has 6 aromatic heterocycles. The summed E-state index contributed by atoms with van der Waals surface area (Å²) in [6, 6.07) is 133. The van der Waals surface area contributed by atoms with Crippen molar-refractivity contribution in [2.24, 2.45) is 0 Å². The second kappa shape index (κ2) is 43.4. The van der Waals surface area contributed by atoms with E-state index in [0.717, 1.165) is 180 Å². The highest BCUT2D eigenvalue weighted by Crippen LogP contribution is 2.45. The number of ketones is 1. The number of Topliss-reactive ketones (excluding diaryl/α,β-unsaturated/α-hetero) is 1. The summed E-state index contributed by atoms with van der Waals surface area (Å²) in [5, 5.41) is 9.04. The van der Waals surface area contributed by atoms with Gasteiger partial charge in [0, 0.05) is 189 Å². The van der Waals surface area contributed by atoms with Crippen LogP contribution in [0.4, 0.5) is 68.2 Å². The van der Waals surface area contributed by atoms with E-state index in [4.69, 9.17) is 39.3 Å². The van der Waals surface area contributed by atoms with Gasteiger partial charge in [-0.25, -0.2) is 19.9 Å². The zero-order valence-corrected chi connectivity index (χ0v) is 78.3. The molecule has 20 heteroatoms. The number of aliphatic hydroxyl groups excluding tert-OH is 1. The number of methoxy groups -OCH3 is 2. The van der Waals surface area contributed by atoms with Crippen LogP contribution in [-0.4, -0.2) is 94.4 Å². The minimum atomic E-state index is -0.331. The first kappa shape index (κ1) is 92.2. The first-order valence-electron chi connectivity index (χ1n) is 47.1. The smallest absolute Gasteiger partial charge is 0.306 e. The fourth-order valence-corrected chi connectivity index (χ4v) is 17.5. The Morgan fingerprint density at radius 3 is 0.638 bits per heavy atom. The van der Waals surface area contributed by atoms with Gasteiger partial charge in [-0.15, -0.1) is 0 Å². The predicted octanol–water partition coefficient (Wildman–Crippen LogP) is 27.2. The van der Waals surface area contributed by atoms with Crippen molar-refractivity contribution in [3.8, 4) is 67.8 Å². The Hall–Kier alpha value is -17.9. The Morgan fingerprint density at radius 2 is 0.440 bits per heavy atom. The Morgan fingerprint density at radius 1 is 0.248 bits per heavy atom. The lowest BCUT2D eigenvalue weighted by molar-refractivity contribution is -0.144. The summed E-state index contributed by atoms with van der Waals surface area (Å²) in [5.41, 5.74) is 30.3. The van der Waals surface area contributed by atoms with Gasteiger partial charge in [0.25, 0.3) is 0 Å². The number of esters is 3. The van der Waals surface area contributed by atoms with Crippen LogP contribution in [0.2, 0.25) is 0 Å². The van der Waals surface area contributed by atoms with Gasteiger partial charge in [-0.2, -0.15) is 0 Å². The molecule has 20 aromatic rings. The monoisotopic (exact) mass is 1850 g/mol.